The molecule has 1 N–H and O–H groups in total. The van der Waals surface area contributed by atoms with Crippen molar-refractivity contribution < 1.29 is 18.7 Å². The number of amides is 1. The number of rotatable bonds is 5. The van der Waals surface area contributed by atoms with E-state index in [1.165, 1.54) is 18.2 Å². The standard InChI is InChI=1S/C17H15BrFNO3/c1-11(14-7-2-3-8-15(14)18)20-16(21)10-23-17(22)12-5-4-6-13(19)9-12/h2-9,11H,10H2,1H3,(H,20,21)/t11-/m1/s1. The van der Waals surface area contributed by atoms with Crippen molar-refractivity contribution in [1.82, 2.24) is 5.32 Å². The number of carbonyl (C=O) groups excluding carboxylic acids is 2. The number of carbonyl (C=O) groups is 2. The third-order valence-electron chi connectivity index (χ3n) is 3.14. The van der Waals surface area contributed by atoms with Gasteiger partial charge in [-0.2, -0.15) is 0 Å². The SMILES string of the molecule is C[C@@H](NC(=O)COC(=O)c1cccc(F)c1)c1ccccc1Br. The second-order valence-corrected chi connectivity index (χ2v) is 5.75. The molecule has 0 unspecified atom stereocenters. The van der Waals surface area contributed by atoms with Crippen LogP contribution in [0.3, 0.4) is 0 Å². The molecule has 0 saturated heterocycles. The van der Waals surface area contributed by atoms with Crippen molar-refractivity contribution in [3.8, 4) is 0 Å². The van der Waals surface area contributed by atoms with Gasteiger partial charge in [0.15, 0.2) is 6.61 Å². The summed E-state index contributed by atoms with van der Waals surface area (Å²) in [5.41, 5.74) is 0.981. The topological polar surface area (TPSA) is 55.4 Å². The highest BCUT2D eigenvalue weighted by molar-refractivity contribution is 9.10. The molecule has 0 bridgehead atoms. The van der Waals surface area contributed by atoms with Gasteiger partial charge in [0, 0.05) is 4.47 Å². The van der Waals surface area contributed by atoms with Crippen LogP contribution in [0.15, 0.2) is 53.0 Å². The van der Waals surface area contributed by atoms with Gasteiger partial charge < -0.3 is 10.1 Å². The first-order valence-corrected chi connectivity index (χ1v) is 7.73. The van der Waals surface area contributed by atoms with E-state index in [0.29, 0.717) is 0 Å². The van der Waals surface area contributed by atoms with Gasteiger partial charge in [0.25, 0.3) is 5.91 Å². The number of nitrogens with one attached hydrogen (secondary N) is 1. The van der Waals surface area contributed by atoms with Crippen LogP contribution >= 0.6 is 15.9 Å². The molecule has 120 valence electrons. The Morgan fingerprint density at radius 1 is 1.22 bits per heavy atom. The Kier molecular flexibility index (Phi) is 5.87. The quantitative estimate of drug-likeness (QED) is 0.807. The summed E-state index contributed by atoms with van der Waals surface area (Å²) in [4.78, 5) is 23.6. The summed E-state index contributed by atoms with van der Waals surface area (Å²) in [6.45, 7) is 1.40. The summed E-state index contributed by atoms with van der Waals surface area (Å²) >= 11 is 3.41. The molecule has 0 heterocycles. The molecule has 0 fully saturated rings. The third-order valence-corrected chi connectivity index (χ3v) is 3.87. The number of hydrogen-bond donors (Lipinski definition) is 1. The van der Waals surface area contributed by atoms with E-state index in [9.17, 15) is 14.0 Å². The minimum Gasteiger partial charge on any atom is -0.452 e. The minimum absolute atomic E-state index is 0.0663. The maximum absolute atomic E-state index is 13.0. The lowest BCUT2D eigenvalue weighted by Gasteiger charge is -2.15. The molecule has 1 atom stereocenters. The van der Waals surface area contributed by atoms with Crippen LogP contribution in [0.1, 0.15) is 28.9 Å². The number of ether oxygens (including phenoxy) is 1. The van der Waals surface area contributed by atoms with Gasteiger partial charge in [-0.25, -0.2) is 9.18 Å². The van der Waals surface area contributed by atoms with Gasteiger partial charge in [-0.1, -0.05) is 40.2 Å². The average molecular weight is 380 g/mol. The van der Waals surface area contributed by atoms with Crippen molar-refractivity contribution in [3.63, 3.8) is 0 Å². The van der Waals surface area contributed by atoms with Gasteiger partial charge in [-0.15, -0.1) is 0 Å². The largest absolute Gasteiger partial charge is 0.452 e. The van der Waals surface area contributed by atoms with Gasteiger partial charge in [0.1, 0.15) is 5.82 Å². The predicted molar refractivity (Wildman–Crippen MR) is 87.4 cm³/mol. The third kappa shape index (κ3) is 4.89. The molecule has 23 heavy (non-hydrogen) atoms. The van der Waals surface area contributed by atoms with E-state index in [4.69, 9.17) is 4.74 Å². The predicted octanol–water partition coefficient (Wildman–Crippen LogP) is 3.62. The van der Waals surface area contributed by atoms with Crippen LogP contribution < -0.4 is 5.32 Å². The first kappa shape index (κ1) is 17.1. The lowest BCUT2D eigenvalue weighted by Crippen LogP contribution is -2.31. The zero-order valence-corrected chi connectivity index (χ0v) is 14.0. The van der Waals surface area contributed by atoms with Crippen molar-refractivity contribution in [1.29, 1.82) is 0 Å². The number of esters is 1. The molecule has 6 heteroatoms. The molecular weight excluding hydrogens is 365 g/mol. The first-order valence-electron chi connectivity index (χ1n) is 6.94. The average Bonchev–Trinajstić information content (AvgIpc) is 2.53. The molecular formula is C17H15BrFNO3. The van der Waals surface area contributed by atoms with Gasteiger partial charge in [-0.05, 0) is 36.8 Å². The smallest absolute Gasteiger partial charge is 0.338 e. The highest BCUT2D eigenvalue weighted by Gasteiger charge is 2.14. The van der Waals surface area contributed by atoms with Crippen molar-refractivity contribution in [3.05, 3.63) is 69.9 Å². The van der Waals surface area contributed by atoms with E-state index >= 15 is 0 Å². The van der Waals surface area contributed by atoms with Crippen LogP contribution in [0.4, 0.5) is 4.39 Å². The minimum atomic E-state index is -0.742. The zero-order chi connectivity index (χ0) is 16.8. The van der Waals surface area contributed by atoms with Crippen LogP contribution in [0, 0.1) is 5.82 Å². The van der Waals surface area contributed by atoms with Gasteiger partial charge in [0.2, 0.25) is 0 Å². The van der Waals surface area contributed by atoms with Gasteiger partial charge in [0.05, 0.1) is 11.6 Å². The first-order chi connectivity index (χ1) is 11.0. The summed E-state index contributed by atoms with van der Waals surface area (Å²) < 4.78 is 18.8. The molecule has 2 aromatic carbocycles. The van der Waals surface area contributed by atoms with Crippen LogP contribution in [0.5, 0.6) is 0 Å². The van der Waals surface area contributed by atoms with Gasteiger partial charge >= 0.3 is 5.97 Å². The van der Waals surface area contributed by atoms with E-state index < -0.39 is 24.3 Å². The molecule has 0 saturated carbocycles. The molecule has 0 aliphatic heterocycles. The van der Waals surface area contributed by atoms with Crippen LogP contribution in [0.2, 0.25) is 0 Å². The molecule has 0 spiro atoms. The molecule has 0 aliphatic rings. The maximum atomic E-state index is 13.0. The second kappa shape index (κ2) is 7.87. The molecule has 4 nitrogen and oxygen atoms in total. The number of benzene rings is 2. The molecule has 2 aromatic rings. The van der Waals surface area contributed by atoms with Crippen LogP contribution in [0.25, 0.3) is 0 Å². The fourth-order valence-electron chi connectivity index (χ4n) is 2.02. The molecule has 1 amide bonds. The highest BCUT2D eigenvalue weighted by Crippen LogP contribution is 2.22. The Morgan fingerprint density at radius 2 is 1.96 bits per heavy atom. The number of hydrogen-bond acceptors (Lipinski definition) is 3. The summed E-state index contributed by atoms with van der Waals surface area (Å²) in [6.07, 6.45) is 0. The summed E-state index contributed by atoms with van der Waals surface area (Å²) in [5, 5.41) is 2.73. The second-order valence-electron chi connectivity index (χ2n) is 4.90. The van der Waals surface area contributed by atoms with Gasteiger partial charge in [-0.3, -0.25) is 4.79 Å². The lowest BCUT2D eigenvalue weighted by atomic mass is 10.1. The molecule has 0 aromatic heterocycles. The van der Waals surface area contributed by atoms with E-state index in [0.717, 1.165) is 16.1 Å². The van der Waals surface area contributed by atoms with Crippen molar-refractivity contribution in [2.75, 3.05) is 6.61 Å². The Hall–Kier alpha value is -2.21. The van der Waals surface area contributed by atoms with E-state index in [-0.39, 0.29) is 11.6 Å². The summed E-state index contributed by atoms with van der Waals surface area (Å²) in [6, 6.07) is 12.4. The normalized spacial score (nSPS) is 11.6. The van der Waals surface area contributed by atoms with Crippen molar-refractivity contribution in [2.45, 2.75) is 13.0 Å². The number of halogens is 2. The summed E-state index contributed by atoms with van der Waals surface area (Å²) in [7, 11) is 0. The Balaban J connectivity index is 1.88. The maximum Gasteiger partial charge on any atom is 0.338 e. The van der Waals surface area contributed by atoms with Crippen molar-refractivity contribution >= 4 is 27.8 Å². The Labute approximate surface area is 141 Å². The monoisotopic (exact) mass is 379 g/mol. The lowest BCUT2D eigenvalue weighted by molar-refractivity contribution is -0.124. The van der Waals surface area contributed by atoms with E-state index in [1.807, 2.05) is 31.2 Å². The Bertz CT molecular complexity index is 720. The zero-order valence-electron chi connectivity index (χ0n) is 12.4. The molecule has 2 rings (SSSR count). The van der Waals surface area contributed by atoms with Crippen LogP contribution in [-0.4, -0.2) is 18.5 Å². The van der Waals surface area contributed by atoms with Crippen LogP contribution in [-0.2, 0) is 9.53 Å². The highest BCUT2D eigenvalue weighted by atomic mass is 79.9. The molecule has 0 aliphatic carbocycles. The fraction of sp³-hybridized carbons (Fsp3) is 0.176. The Morgan fingerprint density at radius 3 is 2.65 bits per heavy atom. The van der Waals surface area contributed by atoms with E-state index in [1.54, 1.807) is 0 Å². The fourth-order valence-corrected chi connectivity index (χ4v) is 2.65. The summed E-state index contributed by atoms with van der Waals surface area (Å²) in [5.74, 6) is -1.71. The van der Waals surface area contributed by atoms with Crippen molar-refractivity contribution in [2.24, 2.45) is 0 Å². The van der Waals surface area contributed by atoms with E-state index in [2.05, 4.69) is 21.2 Å². The molecule has 0 radical (unpaired) electrons.